The van der Waals surface area contributed by atoms with Gasteiger partial charge in [-0.05, 0) is 56.3 Å². The number of rotatable bonds is 4. The minimum absolute atomic E-state index is 0.189. The van der Waals surface area contributed by atoms with Gasteiger partial charge in [0.2, 0.25) is 5.91 Å². The predicted octanol–water partition coefficient (Wildman–Crippen LogP) is 3.84. The Labute approximate surface area is 156 Å². The van der Waals surface area contributed by atoms with Gasteiger partial charge >= 0.3 is 0 Å². The number of hydrogen-bond donors (Lipinski definition) is 2. The van der Waals surface area contributed by atoms with E-state index in [1.807, 2.05) is 0 Å². The second-order valence-corrected chi connectivity index (χ2v) is 6.15. The maximum Gasteiger partial charge on any atom is 0.259 e. The summed E-state index contributed by atoms with van der Waals surface area (Å²) in [5, 5.41) is 9.90. The highest BCUT2D eigenvalue weighted by Gasteiger charge is 2.19. The number of aryl methyl sites for hydroxylation is 1. The lowest BCUT2D eigenvalue weighted by atomic mass is 10.1. The van der Waals surface area contributed by atoms with Crippen LogP contribution in [0.2, 0.25) is 0 Å². The van der Waals surface area contributed by atoms with Crippen LogP contribution >= 0.6 is 0 Å². The van der Waals surface area contributed by atoms with Gasteiger partial charge in [-0.3, -0.25) is 9.59 Å². The fraction of sp³-hybridized carbons (Fsp3) is 0.150. The van der Waals surface area contributed by atoms with Crippen molar-refractivity contribution in [3.8, 4) is 5.69 Å². The first-order valence-corrected chi connectivity index (χ1v) is 8.36. The Kier molecular flexibility index (Phi) is 5.03. The summed E-state index contributed by atoms with van der Waals surface area (Å²) in [6.07, 6.45) is 0. The van der Waals surface area contributed by atoms with Crippen molar-refractivity contribution in [1.29, 1.82) is 0 Å². The molecule has 0 aliphatic rings. The SMILES string of the molecule is CC(=O)Nc1cccc(NC(=O)c2c(C)nn(-c3ccc(F)cc3)c2C)c1. The number of carbonyl (C=O) groups excluding carboxylic acids is 2. The molecule has 0 saturated heterocycles. The standard InChI is InChI=1S/C20H19FN4O2/c1-12-19(13(2)25(24-12)18-9-7-15(21)8-10-18)20(27)23-17-6-4-5-16(11-17)22-14(3)26/h4-11H,1-3H3,(H,22,26)(H,23,27). The number of benzene rings is 2. The Morgan fingerprint density at radius 1 is 1.00 bits per heavy atom. The zero-order chi connectivity index (χ0) is 19.6. The molecule has 0 aliphatic carbocycles. The largest absolute Gasteiger partial charge is 0.326 e. The van der Waals surface area contributed by atoms with E-state index < -0.39 is 0 Å². The van der Waals surface area contributed by atoms with Crippen molar-refractivity contribution in [2.75, 3.05) is 10.6 Å². The normalized spacial score (nSPS) is 10.5. The van der Waals surface area contributed by atoms with E-state index in [0.29, 0.717) is 34.0 Å². The minimum atomic E-state index is -0.336. The van der Waals surface area contributed by atoms with Crippen LogP contribution in [-0.4, -0.2) is 21.6 Å². The summed E-state index contributed by atoms with van der Waals surface area (Å²) < 4.78 is 14.8. The highest BCUT2D eigenvalue weighted by atomic mass is 19.1. The molecule has 2 N–H and O–H groups in total. The highest BCUT2D eigenvalue weighted by molar-refractivity contribution is 6.06. The molecule has 0 radical (unpaired) electrons. The van der Waals surface area contributed by atoms with E-state index in [1.165, 1.54) is 19.1 Å². The number of halogens is 1. The number of carbonyl (C=O) groups is 2. The molecule has 0 unspecified atom stereocenters. The molecule has 0 aliphatic heterocycles. The molecule has 0 spiro atoms. The average molecular weight is 366 g/mol. The predicted molar refractivity (Wildman–Crippen MR) is 102 cm³/mol. The van der Waals surface area contributed by atoms with E-state index in [9.17, 15) is 14.0 Å². The third kappa shape index (κ3) is 4.03. The lowest BCUT2D eigenvalue weighted by Gasteiger charge is -2.09. The van der Waals surface area contributed by atoms with Gasteiger partial charge in [0.1, 0.15) is 5.82 Å². The van der Waals surface area contributed by atoms with Gasteiger partial charge in [-0.25, -0.2) is 9.07 Å². The van der Waals surface area contributed by atoms with Crippen molar-refractivity contribution < 1.29 is 14.0 Å². The van der Waals surface area contributed by atoms with Gasteiger partial charge < -0.3 is 10.6 Å². The number of amides is 2. The molecule has 3 rings (SSSR count). The van der Waals surface area contributed by atoms with Crippen molar-refractivity contribution in [3.05, 3.63) is 71.3 Å². The lowest BCUT2D eigenvalue weighted by molar-refractivity contribution is -0.114. The van der Waals surface area contributed by atoms with Gasteiger partial charge in [0, 0.05) is 18.3 Å². The molecule has 27 heavy (non-hydrogen) atoms. The molecule has 7 heteroatoms. The van der Waals surface area contributed by atoms with Gasteiger partial charge in [-0.15, -0.1) is 0 Å². The molecule has 2 amide bonds. The van der Waals surface area contributed by atoms with Gasteiger partial charge in [0.25, 0.3) is 5.91 Å². The van der Waals surface area contributed by atoms with Crippen LogP contribution in [0, 0.1) is 19.7 Å². The van der Waals surface area contributed by atoms with Gasteiger partial charge in [0.15, 0.2) is 0 Å². The number of nitrogens with one attached hydrogen (secondary N) is 2. The highest BCUT2D eigenvalue weighted by Crippen LogP contribution is 2.21. The number of nitrogens with zero attached hydrogens (tertiary/aromatic N) is 2. The first-order valence-electron chi connectivity index (χ1n) is 8.36. The fourth-order valence-corrected chi connectivity index (χ4v) is 2.88. The van der Waals surface area contributed by atoms with Gasteiger partial charge in [-0.2, -0.15) is 5.10 Å². The van der Waals surface area contributed by atoms with Crippen LogP contribution in [0.5, 0.6) is 0 Å². The van der Waals surface area contributed by atoms with Crippen LogP contribution in [0.3, 0.4) is 0 Å². The van der Waals surface area contributed by atoms with Crippen molar-refractivity contribution in [3.63, 3.8) is 0 Å². The summed E-state index contributed by atoms with van der Waals surface area (Å²) in [5.74, 6) is -0.832. The van der Waals surface area contributed by atoms with E-state index in [1.54, 1.807) is 54.9 Å². The molecule has 2 aromatic carbocycles. The smallest absolute Gasteiger partial charge is 0.259 e. The molecule has 0 fully saturated rings. The van der Waals surface area contributed by atoms with E-state index in [-0.39, 0.29) is 17.6 Å². The molecule has 138 valence electrons. The van der Waals surface area contributed by atoms with E-state index in [4.69, 9.17) is 0 Å². The van der Waals surface area contributed by atoms with Crippen LogP contribution in [0.25, 0.3) is 5.69 Å². The molecule has 3 aromatic rings. The Hall–Kier alpha value is -3.48. The zero-order valence-corrected chi connectivity index (χ0v) is 15.2. The van der Waals surface area contributed by atoms with E-state index in [2.05, 4.69) is 15.7 Å². The van der Waals surface area contributed by atoms with Gasteiger partial charge in [0.05, 0.1) is 22.6 Å². The summed E-state index contributed by atoms with van der Waals surface area (Å²) in [6, 6.07) is 12.8. The Balaban J connectivity index is 1.87. The Morgan fingerprint density at radius 2 is 1.63 bits per heavy atom. The maximum atomic E-state index is 13.1. The van der Waals surface area contributed by atoms with Crippen LogP contribution in [0.15, 0.2) is 48.5 Å². The first-order chi connectivity index (χ1) is 12.8. The first kappa shape index (κ1) is 18.3. The second-order valence-electron chi connectivity index (χ2n) is 6.15. The van der Waals surface area contributed by atoms with E-state index in [0.717, 1.165) is 0 Å². The van der Waals surface area contributed by atoms with Crippen LogP contribution in [-0.2, 0) is 4.79 Å². The third-order valence-corrected chi connectivity index (χ3v) is 4.03. The maximum absolute atomic E-state index is 13.1. The fourth-order valence-electron chi connectivity index (χ4n) is 2.88. The molecule has 0 saturated carbocycles. The quantitative estimate of drug-likeness (QED) is 0.737. The second kappa shape index (κ2) is 7.41. The van der Waals surface area contributed by atoms with Crippen LogP contribution in [0.4, 0.5) is 15.8 Å². The summed E-state index contributed by atoms with van der Waals surface area (Å²) in [7, 11) is 0. The topological polar surface area (TPSA) is 76.0 Å². The molecule has 1 aromatic heterocycles. The minimum Gasteiger partial charge on any atom is -0.326 e. The Morgan fingerprint density at radius 3 is 2.26 bits per heavy atom. The summed E-state index contributed by atoms with van der Waals surface area (Å²) in [4.78, 5) is 24.0. The molecule has 1 heterocycles. The summed E-state index contributed by atoms with van der Waals surface area (Å²) in [5.41, 5.74) is 3.48. The molecular weight excluding hydrogens is 347 g/mol. The third-order valence-electron chi connectivity index (χ3n) is 4.03. The monoisotopic (exact) mass is 366 g/mol. The number of anilines is 2. The van der Waals surface area contributed by atoms with Crippen LogP contribution in [0.1, 0.15) is 28.7 Å². The Bertz CT molecular complexity index is 1010. The van der Waals surface area contributed by atoms with Crippen molar-refractivity contribution in [2.45, 2.75) is 20.8 Å². The zero-order valence-electron chi connectivity index (χ0n) is 15.2. The lowest BCUT2D eigenvalue weighted by Crippen LogP contribution is -2.14. The van der Waals surface area contributed by atoms with E-state index >= 15 is 0 Å². The van der Waals surface area contributed by atoms with Crippen LogP contribution < -0.4 is 10.6 Å². The molecule has 6 nitrogen and oxygen atoms in total. The summed E-state index contributed by atoms with van der Waals surface area (Å²) >= 11 is 0. The van der Waals surface area contributed by atoms with Crippen molar-refractivity contribution in [2.24, 2.45) is 0 Å². The average Bonchev–Trinajstić information content (AvgIpc) is 2.90. The van der Waals surface area contributed by atoms with Crippen molar-refractivity contribution in [1.82, 2.24) is 9.78 Å². The number of aromatic nitrogens is 2. The molecule has 0 bridgehead atoms. The number of hydrogen-bond acceptors (Lipinski definition) is 3. The van der Waals surface area contributed by atoms with Gasteiger partial charge in [-0.1, -0.05) is 6.07 Å². The van der Waals surface area contributed by atoms with Crippen molar-refractivity contribution >= 4 is 23.2 Å². The molecular formula is C20H19FN4O2. The summed E-state index contributed by atoms with van der Waals surface area (Å²) in [6.45, 7) is 4.95. The molecule has 0 atom stereocenters.